The number of carboxylic acids is 1. The lowest BCUT2D eigenvalue weighted by Crippen LogP contribution is -2.35. The molecule has 0 unspecified atom stereocenters. The Morgan fingerprint density at radius 1 is 1.20 bits per heavy atom. The van der Waals surface area contributed by atoms with E-state index in [-0.39, 0.29) is 19.1 Å². The summed E-state index contributed by atoms with van der Waals surface area (Å²) in [5, 5.41) is 8.11. The first kappa shape index (κ1) is 18.9. The van der Waals surface area contributed by atoms with E-state index in [1.807, 2.05) is 13.8 Å². The van der Waals surface area contributed by atoms with Gasteiger partial charge < -0.3 is 14.7 Å². The number of thioether (sulfide) groups is 1. The smallest absolute Gasteiger partial charge is 0.311 e. The molecule has 7 heteroatoms. The van der Waals surface area contributed by atoms with E-state index in [1.165, 1.54) is 0 Å². The molecule has 0 aromatic rings. The predicted octanol–water partition coefficient (Wildman–Crippen LogP) is 1.38. The number of nitrogens with zero attached hydrogens (tertiary/aromatic N) is 1. The van der Waals surface area contributed by atoms with Gasteiger partial charge in [-0.3, -0.25) is 14.4 Å². The zero-order valence-electron chi connectivity index (χ0n) is 12.5. The average Bonchev–Trinajstić information content (AvgIpc) is 2.27. The summed E-state index contributed by atoms with van der Waals surface area (Å²) in [5.74, 6) is -1.23. The molecule has 0 fully saturated rings. The van der Waals surface area contributed by atoms with Crippen LogP contribution in [0.3, 0.4) is 0 Å². The van der Waals surface area contributed by atoms with Gasteiger partial charge in [-0.15, -0.1) is 0 Å². The molecule has 20 heavy (non-hydrogen) atoms. The van der Waals surface area contributed by atoms with Crippen LogP contribution in [-0.4, -0.2) is 58.0 Å². The van der Waals surface area contributed by atoms with Crippen LogP contribution in [0.25, 0.3) is 0 Å². The monoisotopic (exact) mass is 305 g/mol. The summed E-state index contributed by atoms with van der Waals surface area (Å²) in [6, 6.07) is 0. The maximum absolute atomic E-state index is 11.7. The third-order valence-corrected chi connectivity index (χ3v) is 3.52. The van der Waals surface area contributed by atoms with Gasteiger partial charge in [-0.1, -0.05) is 11.8 Å². The van der Waals surface area contributed by atoms with E-state index in [0.29, 0.717) is 13.1 Å². The molecule has 0 heterocycles. The zero-order valence-corrected chi connectivity index (χ0v) is 13.3. The van der Waals surface area contributed by atoms with Crippen molar-refractivity contribution < 1.29 is 24.2 Å². The largest absolute Gasteiger partial charge is 0.481 e. The Morgan fingerprint density at radius 3 is 2.20 bits per heavy atom. The Morgan fingerprint density at radius 2 is 1.75 bits per heavy atom. The summed E-state index contributed by atoms with van der Waals surface area (Å²) in [6.45, 7) is 8.78. The van der Waals surface area contributed by atoms with Crippen molar-refractivity contribution in [3.8, 4) is 0 Å². The van der Waals surface area contributed by atoms with E-state index >= 15 is 0 Å². The standard InChI is InChI=1S/C13H23NO5S/c1-5-14(6-2)10(15)8-19-9-13(3,4)20-12(18)7-11(16)17/h5-9H2,1-4H3,(H,16,17). The Bertz CT molecular complexity index is 353. The molecular weight excluding hydrogens is 282 g/mol. The molecule has 0 aromatic carbocycles. The van der Waals surface area contributed by atoms with Crippen molar-refractivity contribution >= 4 is 28.8 Å². The normalized spacial score (nSPS) is 11.2. The molecule has 1 amide bonds. The molecule has 0 aliphatic heterocycles. The third kappa shape index (κ3) is 8.16. The highest BCUT2D eigenvalue weighted by atomic mass is 32.2. The minimum Gasteiger partial charge on any atom is -0.481 e. The summed E-state index contributed by atoms with van der Waals surface area (Å²) in [6.07, 6.45) is -0.507. The summed E-state index contributed by atoms with van der Waals surface area (Å²) >= 11 is 0.932. The minimum atomic E-state index is -1.14. The topological polar surface area (TPSA) is 83.9 Å². The van der Waals surface area contributed by atoms with Crippen LogP contribution in [0, 0.1) is 0 Å². The molecule has 0 rings (SSSR count). The lowest BCUT2D eigenvalue weighted by molar-refractivity contribution is -0.138. The van der Waals surface area contributed by atoms with Crippen LogP contribution in [0.1, 0.15) is 34.1 Å². The average molecular weight is 305 g/mol. The quantitative estimate of drug-likeness (QED) is 0.648. The maximum atomic E-state index is 11.7. The SMILES string of the molecule is CCN(CC)C(=O)COCC(C)(C)SC(=O)CC(=O)O. The van der Waals surface area contributed by atoms with Gasteiger partial charge >= 0.3 is 5.97 Å². The molecule has 0 aromatic heterocycles. The van der Waals surface area contributed by atoms with E-state index in [0.717, 1.165) is 11.8 Å². The Hall–Kier alpha value is -1.08. The van der Waals surface area contributed by atoms with Gasteiger partial charge in [0.25, 0.3) is 0 Å². The number of carboxylic acid groups (broad SMARTS) is 1. The van der Waals surface area contributed by atoms with E-state index in [2.05, 4.69) is 0 Å². The van der Waals surface area contributed by atoms with Crippen LogP contribution in [0.5, 0.6) is 0 Å². The van der Waals surface area contributed by atoms with Gasteiger partial charge in [0.2, 0.25) is 11.0 Å². The van der Waals surface area contributed by atoms with E-state index < -0.39 is 22.3 Å². The van der Waals surface area contributed by atoms with Crippen LogP contribution in [0.4, 0.5) is 0 Å². The van der Waals surface area contributed by atoms with Gasteiger partial charge in [-0.25, -0.2) is 0 Å². The first-order chi connectivity index (χ1) is 9.21. The fourth-order valence-corrected chi connectivity index (χ4v) is 2.50. The second-order valence-corrected chi connectivity index (χ2v) is 6.63. The van der Waals surface area contributed by atoms with Crippen LogP contribution >= 0.6 is 11.8 Å². The van der Waals surface area contributed by atoms with Crippen molar-refractivity contribution in [2.24, 2.45) is 0 Å². The van der Waals surface area contributed by atoms with Crippen LogP contribution in [0.2, 0.25) is 0 Å². The second-order valence-electron chi connectivity index (χ2n) is 4.86. The first-order valence-electron chi connectivity index (χ1n) is 6.51. The lowest BCUT2D eigenvalue weighted by Gasteiger charge is -2.24. The predicted molar refractivity (Wildman–Crippen MR) is 77.7 cm³/mol. The number of carbonyl (C=O) groups is 3. The molecule has 0 saturated heterocycles. The Labute approximate surface area is 123 Å². The lowest BCUT2D eigenvalue weighted by atomic mass is 10.2. The fourth-order valence-electron chi connectivity index (χ4n) is 1.55. The molecule has 6 nitrogen and oxygen atoms in total. The van der Waals surface area contributed by atoms with Gasteiger partial charge in [0.05, 0.1) is 6.61 Å². The van der Waals surface area contributed by atoms with Crippen molar-refractivity contribution in [1.82, 2.24) is 4.90 Å². The summed E-state index contributed by atoms with van der Waals surface area (Å²) in [4.78, 5) is 35.2. The number of hydrogen-bond acceptors (Lipinski definition) is 5. The fraction of sp³-hybridized carbons (Fsp3) is 0.769. The molecule has 0 aliphatic carbocycles. The van der Waals surface area contributed by atoms with Crippen molar-refractivity contribution in [1.29, 1.82) is 0 Å². The Balaban J connectivity index is 4.13. The number of ether oxygens (including phenoxy) is 1. The van der Waals surface area contributed by atoms with E-state index in [4.69, 9.17) is 9.84 Å². The zero-order chi connectivity index (χ0) is 15.8. The van der Waals surface area contributed by atoms with Gasteiger partial charge in [0.15, 0.2) is 0 Å². The molecular formula is C13H23NO5S. The van der Waals surface area contributed by atoms with Gasteiger partial charge in [-0.2, -0.15) is 0 Å². The molecule has 0 atom stereocenters. The second kappa shape index (κ2) is 8.97. The molecule has 1 N–H and O–H groups in total. The number of rotatable bonds is 9. The van der Waals surface area contributed by atoms with Crippen LogP contribution in [-0.2, 0) is 19.1 Å². The van der Waals surface area contributed by atoms with E-state index in [9.17, 15) is 14.4 Å². The number of amides is 1. The van der Waals surface area contributed by atoms with Crippen molar-refractivity contribution in [3.63, 3.8) is 0 Å². The first-order valence-corrected chi connectivity index (χ1v) is 7.32. The summed E-state index contributed by atoms with van der Waals surface area (Å²) in [7, 11) is 0. The van der Waals surface area contributed by atoms with Gasteiger partial charge in [-0.05, 0) is 27.7 Å². The third-order valence-electron chi connectivity index (χ3n) is 2.48. The Kier molecular flexibility index (Phi) is 8.48. The molecule has 0 saturated carbocycles. The summed E-state index contributed by atoms with van der Waals surface area (Å²) < 4.78 is 4.78. The summed E-state index contributed by atoms with van der Waals surface area (Å²) in [5.41, 5.74) is 0. The molecule has 0 bridgehead atoms. The van der Waals surface area contributed by atoms with Crippen molar-refractivity contribution in [3.05, 3.63) is 0 Å². The molecule has 0 radical (unpaired) electrons. The molecule has 116 valence electrons. The number of likely N-dealkylation sites (N-methyl/N-ethyl adjacent to an activating group) is 1. The number of hydrogen-bond donors (Lipinski definition) is 1. The van der Waals surface area contributed by atoms with E-state index in [1.54, 1.807) is 18.7 Å². The van der Waals surface area contributed by atoms with Gasteiger partial charge in [0.1, 0.15) is 13.0 Å². The van der Waals surface area contributed by atoms with Crippen molar-refractivity contribution in [2.75, 3.05) is 26.3 Å². The highest BCUT2D eigenvalue weighted by Gasteiger charge is 2.25. The highest BCUT2D eigenvalue weighted by molar-refractivity contribution is 8.14. The maximum Gasteiger partial charge on any atom is 0.311 e. The van der Waals surface area contributed by atoms with Gasteiger partial charge in [0, 0.05) is 17.8 Å². The number of aliphatic carboxylic acids is 1. The molecule has 0 aliphatic rings. The number of carbonyl (C=O) groups excluding carboxylic acids is 2. The van der Waals surface area contributed by atoms with Crippen LogP contribution < -0.4 is 0 Å². The minimum absolute atomic E-state index is 0.0290. The van der Waals surface area contributed by atoms with Crippen LogP contribution in [0.15, 0.2) is 0 Å². The highest BCUT2D eigenvalue weighted by Crippen LogP contribution is 2.26. The molecule has 0 spiro atoms. The van der Waals surface area contributed by atoms with Crippen molar-refractivity contribution in [2.45, 2.75) is 38.9 Å².